The molecular formula is C20H36N8S8Zr. The van der Waals surface area contributed by atoms with Crippen LogP contribution in [0.3, 0.4) is 0 Å². The molecule has 4 N–H and O–H groups in total. The first-order valence-corrected chi connectivity index (χ1v) is 15.3. The monoisotopic (exact) mass is 734 g/mol. The summed E-state index contributed by atoms with van der Waals surface area (Å²) in [5.74, 6) is 0. The molecule has 17 heteroatoms. The molecule has 0 atom stereocenters. The van der Waals surface area contributed by atoms with E-state index in [4.69, 9.17) is 99.4 Å². The van der Waals surface area contributed by atoms with Gasteiger partial charge in [-0.3, -0.25) is 0 Å². The van der Waals surface area contributed by atoms with E-state index in [2.05, 4.69) is 41.7 Å². The summed E-state index contributed by atoms with van der Waals surface area (Å²) in [7, 11) is 0. The Hall–Kier alpha value is 1.16. The van der Waals surface area contributed by atoms with Gasteiger partial charge in [-0.25, -0.2) is 20.0 Å². The Bertz CT molecular complexity index is 557. The van der Waals surface area contributed by atoms with Crippen molar-refractivity contribution in [1.29, 1.82) is 0 Å². The van der Waals surface area contributed by atoms with Crippen molar-refractivity contribution in [3.63, 3.8) is 0 Å². The maximum Gasteiger partial charge on any atom is 4.00 e. The van der Waals surface area contributed by atoms with E-state index in [0.717, 1.165) is 52.4 Å². The van der Waals surface area contributed by atoms with Gasteiger partial charge in [-0.2, -0.15) is 0 Å². The van der Waals surface area contributed by atoms with Crippen LogP contribution in [0.1, 0.15) is 51.4 Å². The fourth-order valence-electron chi connectivity index (χ4n) is 3.83. The summed E-state index contributed by atoms with van der Waals surface area (Å²) < 4.78 is 1.82. The fraction of sp³-hybridized carbons (Fsp3) is 0.800. The van der Waals surface area contributed by atoms with E-state index in [0.29, 0.717) is 17.3 Å². The van der Waals surface area contributed by atoms with Crippen LogP contribution < -0.4 is 21.7 Å². The van der Waals surface area contributed by atoms with Crippen LogP contribution in [0.2, 0.25) is 0 Å². The second-order valence-corrected chi connectivity index (χ2v) is 12.7. The van der Waals surface area contributed by atoms with Gasteiger partial charge in [0.1, 0.15) is 0 Å². The van der Waals surface area contributed by atoms with E-state index in [9.17, 15) is 0 Å². The van der Waals surface area contributed by atoms with E-state index < -0.39 is 0 Å². The maximum absolute atomic E-state index is 4.69. The van der Waals surface area contributed by atoms with Crippen LogP contribution in [-0.4, -0.2) is 89.7 Å². The molecule has 0 aromatic rings. The molecule has 0 aromatic carbocycles. The topological polar surface area (TPSA) is 61.1 Å². The van der Waals surface area contributed by atoms with Gasteiger partial charge in [0.25, 0.3) is 0 Å². The first-order chi connectivity index (χ1) is 17.2. The average molecular weight is 736 g/mol. The molecule has 8 nitrogen and oxygen atoms in total. The molecule has 4 saturated heterocycles. The summed E-state index contributed by atoms with van der Waals surface area (Å²) in [6, 6.07) is 0. The van der Waals surface area contributed by atoms with Crippen LogP contribution in [0.5, 0.6) is 0 Å². The molecule has 0 aliphatic carbocycles. The summed E-state index contributed by atoms with van der Waals surface area (Å²) in [6.07, 6.45) is 10.0. The van der Waals surface area contributed by atoms with Crippen molar-refractivity contribution < 1.29 is 26.2 Å². The first kappa shape index (κ1) is 38.2. The summed E-state index contributed by atoms with van der Waals surface area (Å²) in [5, 5.41) is 8.26. The van der Waals surface area contributed by atoms with Crippen LogP contribution in [0.15, 0.2) is 0 Å². The number of hydrogen-bond acceptors (Lipinski definition) is 12. The molecule has 0 aromatic heterocycles. The quantitative estimate of drug-likeness (QED) is 0.250. The number of nitrogens with one attached hydrogen (secondary N) is 4. The minimum absolute atomic E-state index is 0. The molecule has 0 unspecified atom stereocenters. The molecule has 4 rings (SSSR count). The van der Waals surface area contributed by atoms with Gasteiger partial charge >= 0.3 is 26.2 Å². The van der Waals surface area contributed by atoms with Gasteiger partial charge in [0.05, 0.1) is 0 Å². The summed E-state index contributed by atoms with van der Waals surface area (Å²) >= 11 is 37.6. The number of rotatable bonds is 4. The van der Waals surface area contributed by atoms with Crippen molar-refractivity contribution in [3.05, 3.63) is 0 Å². The molecular weight excluding hydrogens is 700 g/mol. The summed E-state index contributed by atoms with van der Waals surface area (Å²) in [6.45, 7) is 8.64. The van der Waals surface area contributed by atoms with Crippen LogP contribution in [0.4, 0.5) is 0 Å². The molecule has 0 bridgehead atoms. The Labute approximate surface area is 285 Å². The third-order valence-electron chi connectivity index (χ3n) is 5.42. The normalized spacial score (nSPS) is 19.5. The van der Waals surface area contributed by atoms with Crippen molar-refractivity contribution in [2.75, 3.05) is 52.4 Å². The SMILES string of the molecule is S=C([S-])NN1CCCC1.S=C([S-])NN1CCCC1.S=C([S-])NN1CCCC1.S=C([S-])NN1CCCC1.[Zr+4]. The van der Waals surface area contributed by atoms with E-state index in [1.165, 1.54) is 51.4 Å². The Kier molecular flexibility index (Phi) is 24.6. The molecule has 4 aliphatic rings. The molecule has 4 heterocycles. The van der Waals surface area contributed by atoms with Crippen molar-refractivity contribution in [3.8, 4) is 0 Å². The Balaban J connectivity index is 0.000000463. The molecule has 0 radical (unpaired) electrons. The number of hydrogen-bond donors (Lipinski definition) is 4. The summed E-state index contributed by atoms with van der Waals surface area (Å²) in [5.41, 5.74) is 11.7. The van der Waals surface area contributed by atoms with E-state index >= 15 is 0 Å². The van der Waals surface area contributed by atoms with Crippen LogP contribution in [-0.2, 0) is 76.7 Å². The second kappa shape index (κ2) is 23.8. The third kappa shape index (κ3) is 22.5. The van der Waals surface area contributed by atoms with Crippen molar-refractivity contribution >= 4 is 117 Å². The van der Waals surface area contributed by atoms with Crippen LogP contribution >= 0.6 is 48.9 Å². The second-order valence-electron chi connectivity index (χ2n) is 8.37. The van der Waals surface area contributed by atoms with Gasteiger partial charge in [0, 0.05) is 52.4 Å². The van der Waals surface area contributed by atoms with Crippen LogP contribution in [0.25, 0.3) is 0 Å². The third-order valence-corrected chi connectivity index (χ3v) is 6.15. The predicted octanol–water partition coefficient (Wildman–Crippen LogP) is 1.67. The van der Waals surface area contributed by atoms with Gasteiger partial charge in [-0.15, -0.1) is 0 Å². The molecule has 0 amide bonds. The van der Waals surface area contributed by atoms with E-state index in [1.807, 2.05) is 0 Å². The Morgan fingerprint density at radius 1 is 0.378 bits per heavy atom. The van der Waals surface area contributed by atoms with Gasteiger partial charge < -0.3 is 121 Å². The Morgan fingerprint density at radius 2 is 0.514 bits per heavy atom. The van der Waals surface area contributed by atoms with Crippen LogP contribution in [0, 0.1) is 0 Å². The molecule has 0 spiro atoms. The van der Waals surface area contributed by atoms with Gasteiger partial charge in [-0.1, -0.05) is 0 Å². The minimum Gasteiger partial charge on any atom is -0.410 e. The zero-order valence-corrected chi connectivity index (χ0v) is 29.9. The zero-order chi connectivity index (χ0) is 26.8. The molecule has 4 fully saturated rings. The van der Waals surface area contributed by atoms with Crippen molar-refractivity contribution in [2.24, 2.45) is 0 Å². The number of nitrogens with zero attached hydrogens (tertiary/aromatic N) is 4. The number of thiocarbonyl (C=S) groups is 4. The zero-order valence-electron chi connectivity index (χ0n) is 20.9. The van der Waals surface area contributed by atoms with Gasteiger partial charge in [0.2, 0.25) is 0 Å². The maximum atomic E-state index is 4.69. The van der Waals surface area contributed by atoms with E-state index in [1.54, 1.807) is 0 Å². The molecule has 0 saturated carbocycles. The summed E-state index contributed by atoms with van der Waals surface area (Å²) in [4.78, 5) is 0. The largest absolute Gasteiger partial charge is 4.00 e. The average Bonchev–Trinajstić information content (AvgIpc) is 3.58. The van der Waals surface area contributed by atoms with Gasteiger partial charge in [0.15, 0.2) is 0 Å². The molecule has 37 heavy (non-hydrogen) atoms. The van der Waals surface area contributed by atoms with E-state index in [-0.39, 0.29) is 26.2 Å². The van der Waals surface area contributed by atoms with Crippen molar-refractivity contribution in [1.82, 2.24) is 41.7 Å². The Morgan fingerprint density at radius 3 is 0.622 bits per heavy atom. The standard InChI is InChI=1S/4C5H10N2S2.Zr/c4*8-5(9)6-7-3-1-2-4-7;/h4*1-4H2,(H2,6,8,9);/q;;;;+4/p-4. The van der Waals surface area contributed by atoms with Gasteiger partial charge in [-0.05, 0) is 68.6 Å². The smallest absolute Gasteiger partial charge is 0.410 e. The fourth-order valence-corrected chi connectivity index (χ4v) is 4.86. The van der Waals surface area contributed by atoms with Crippen molar-refractivity contribution in [2.45, 2.75) is 51.4 Å². The molecule has 4 aliphatic heterocycles. The first-order valence-electron chi connectivity index (χ1n) is 12.1. The number of hydrazine groups is 4. The minimum atomic E-state index is 0. The molecule has 208 valence electrons. The predicted molar refractivity (Wildman–Crippen MR) is 176 cm³/mol.